The summed E-state index contributed by atoms with van der Waals surface area (Å²) in [6.45, 7) is 5.62. The third-order valence-electron chi connectivity index (χ3n) is 3.54. The molecule has 0 spiro atoms. The van der Waals surface area contributed by atoms with Crippen molar-refractivity contribution < 1.29 is 9.69 Å². The van der Waals surface area contributed by atoms with Crippen molar-refractivity contribution in [1.29, 1.82) is 0 Å². The molecular weight excluding hydrogens is 280 g/mol. The van der Waals surface area contributed by atoms with Crippen molar-refractivity contribution in [3.63, 3.8) is 0 Å². The first-order valence-electron chi connectivity index (χ1n) is 7.31. The van der Waals surface area contributed by atoms with E-state index in [2.05, 4.69) is 49.8 Å². The van der Waals surface area contributed by atoms with Crippen molar-refractivity contribution >= 4 is 22.9 Å². The Labute approximate surface area is 130 Å². The van der Waals surface area contributed by atoms with E-state index in [1.165, 1.54) is 20.9 Å². The number of hydrogen-bond donors (Lipinski definition) is 2. The second-order valence-corrected chi connectivity index (χ2v) is 6.44. The number of quaternary nitrogens is 1. The van der Waals surface area contributed by atoms with E-state index in [-0.39, 0.29) is 5.91 Å². The van der Waals surface area contributed by atoms with E-state index in [1.54, 1.807) is 11.3 Å². The zero-order valence-corrected chi connectivity index (χ0v) is 13.7. The number of benzene rings is 1. The van der Waals surface area contributed by atoms with Gasteiger partial charge in [-0.3, -0.25) is 4.79 Å². The molecule has 3 nitrogen and oxygen atoms in total. The van der Waals surface area contributed by atoms with Gasteiger partial charge in [-0.05, 0) is 48.1 Å². The summed E-state index contributed by atoms with van der Waals surface area (Å²) in [5.41, 5.74) is 3.47. The second kappa shape index (κ2) is 7.38. The minimum absolute atomic E-state index is 0.0611. The summed E-state index contributed by atoms with van der Waals surface area (Å²) in [5, 5.41) is 5.07. The first-order valence-corrected chi connectivity index (χ1v) is 8.19. The van der Waals surface area contributed by atoms with Crippen LogP contribution in [0.2, 0.25) is 0 Å². The molecule has 1 atom stereocenters. The first-order chi connectivity index (χ1) is 10.1. The molecule has 4 heteroatoms. The van der Waals surface area contributed by atoms with Crippen molar-refractivity contribution in [2.45, 2.75) is 26.8 Å². The Hall–Kier alpha value is -1.65. The van der Waals surface area contributed by atoms with Crippen molar-refractivity contribution in [1.82, 2.24) is 0 Å². The van der Waals surface area contributed by atoms with E-state index in [4.69, 9.17) is 0 Å². The Morgan fingerprint density at radius 1 is 1.24 bits per heavy atom. The highest BCUT2D eigenvalue weighted by molar-refractivity contribution is 7.10. The Balaban J connectivity index is 1.84. The van der Waals surface area contributed by atoms with E-state index in [9.17, 15) is 4.79 Å². The molecule has 0 bridgehead atoms. The molecule has 1 aromatic heterocycles. The zero-order valence-electron chi connectivity index (χ0n) is 12.9. The summed E-state index contributed by atoms with van der Waals surface area (Å²) in [7, 11) is 2.05. The molecule has 112 valence electrons. The average molecular weight is 303 g/mol. The highest BCUT2D eigenvalue weighted by atomic mass is 32.1. The molecule has 1 aromatic carbocycles. The van der Waals surface area contributed by atoms with Gasteiger partial charge in [0.25, 0.3) is 5.91 Å². The number of carbonyl (C=O) groups is 1. The minimum atomic E-state index is 0.0611. The van der Waals surface area contributed by atoms with Crippen LogP contribution >= 0.6 is 11.3 Å². The molecule has 2 N–H and O–H groups in total. The Morgan fingerprint density at radius 3 is 2.52 bits per heavy atom. The number of nitrogens with one attached hydrogen (secondary N) is 2. The quantitative estimate of drug-likeness (QED) is 0.843. The number of hydrogen-bond acceptors (Lipinski definition) is 2. The molecule has 0 aliphatic carbocycles. The number of thiophene rings is 1. The maximum absolute atomic E-state index is 12.1. The van der Waals surface area contributed by atoms with Crippen LogP contribution in [0.5, 0.6) is 0 Å². The maximum atomic E-state index is 12.1. The zero-order chi connectivity index (χ0) is 15.2. The van der Waals surface area contributed by atoms with Gasteiger partial charge in [-0.1, -0.05) is 19.1 Å². The van der Waals surface area contributed by atoms with Crippen molar-refractivity contribution in [2.75, 3.05) is 18.9 Å². The fourth-order valence-corrected chi connectivity index (χ4v) is 3.24. The molecule has 21 heavy (non-hydrogen) atoms. The fraction of sp³-hybridized carbons (Fsp3) is 0.353. The molecular formula is C17H23N2OS+. The fourth-order valence-electron chi connectivity index (χ4n) is 2.22. The lowest BCUT2D eigenvalue weighted by Crippen LogP contribution is -3.08. The Kier molecular flexibility index (Phi) is 5.53. The smallest absolute Gasteiger partial charge is 0.279 e. The molecule has 0 fully saturated rings. The molecule has 1 amide bonds. The standard InChI is InChI=1S/C17H22N2OS/c1-4-14-5-7-15(8-6-14)18-17(20)12-19(3)11-16-13(2)9-10-21-16/h5-10H,4,11-12H2,1-3H3,(H,18,20)/p+1. The molecule has 0 aliphatic rings. The maximum Gasteiger partial charge on any atom is 0.279 e. The van der Waals surface area contributed by atoms with Crippen LogP contribution in [-0.4, -0.2) is 19.5 Å². The van der Waals surface area contributed by atoms with Gasteiger partial charge < -0.3 is 10.2 Å². The second-order valence-electron chi connectivity index (χ2n) is 5.44. The predicted molar refractivity (Wildman–Crippen MR) is 89.0 cm³/mol. The van der Waals surface area contributed by atoms with Gasteiger partial charge in [0.1, 0.15) is 6.54 Å². The largest absolute Gasteiger partial charge is 0.325 e. The van der Waals surface area contributed by atoms with Gasteiger partial charge in [0.2, 0.25) is 0 Å². The van der Waals surface area contributed by atoms with Crippen molar-refractivity contribution in [3.8, 4) is 0 Å². The van der Waals surface area contributed by atoms with Gasteiger partial charge in [-0.15, -0.1) is 11.3 Å². The lowest BCUT2D eigenvalue weighted by molar-refractivity contribution is -0.884. The van der Waals surface area contributed by atoms with Gasteiger partial charge in [0, 0.05) is 5.69 Å². The molecule has 1 heterocycles. The van der Waals surface area contributed by atoms with Crippen LogP contribution in [-0.2, 0) is 17.8 Å². The van der Waals surface area contributed by atoms with Crippen LogP contribution in [0.1, 0.15) is 22.9 Å². The number of carbonyl (C=O) groups excluding carboxylic acids is 1. The molecule has 0 aliphatic heterocycles. The van der Waals surface area contributed by atoms with Gasteiger partial charge >= 0.3 is 0 Å². The van der Waals surface area contributed by atoms with Gasteiger partial charge in [0.05, 0.1) is 11.9 Å². The van der Waals surface area contributed by atoms with E-state index < -0.39 is 0 Å². The van der Waals surface area contributed by atoms with E-state index in [1.807, 2.05) is 12.1 Å². The molecule has 2 aromatic rings. The third kappa shape index (κ3) is 4.69. The van der Waals surface area contributed by atoms with Crippen LogP contribution in [0.25, 0.3) is 0 Å². The Bertz CT molecular complexity index is 589. The van der Waals surface area contributed by atoms with E-state index in [0.717, 1.165) is 18.7 Å². The first kappa shape index (κ1) is 15.7. The number of amides is 1. The predicted octanol–water partition coefficient (Wildman–Crippen LogP) is 2.27. The summed E-state index contributed by atoms with van der Waals surface area (Å²) in [5.74, 6) is 0.0611. The van der Waals surface area contributed by atoms with Crippen molar-refractivity contribution in [2.24, 2.45) is 0 Å². The summed E-state index contributed by atoms with van der Waals surface area (Å²) in [6, 6.07) is 10.2. The summed E-state index contributed by atoms with van der Waals surface area (Å²) >= 11 is 1.76. The number of aryl methyl sites for hydroxylation is 2. The molecule has 0 radical (unpaired) electrons. The normalized spacial score (nSPS) is 12.1. The average Bonchev–Trinajstić information content (AvgIpc) is 2.84. The van der Waals surface area contributed by atoms with Crippen LogP contribution < -0.4 is 10.2 Å². The number of rotatable bonds is 6. The van der Waals surface area contributed by atoms with E-state index in [0.29, 0.717) is 6.54 Å². The lowest BCUT2D eigenvalue weighted by atomic mass is 10.1. The number of likely N-dealkylation sites (N-methyl/N-ethyl adjacent to an activating group) is 1. The van der Waals surface area contributed by atoms with Gasteiger partial charge in [-0.2, -0.15) is 0 Å². The highest BCUT2D eigenvalue weighted by Crippen LogP contribution is 2.13. The van der Waals surface area contributed by atoms with Gasteiger partial charge in [-0.25, -0.2) is 0 Å². The molecule has 0 saturated heterocycles. The SMILES string of the molecule is CCc1ccc(NC(=O)C[NH+](C)Cc2sccc2C)cc1. The van der Waals surface area contributed by atoms with Crippen LogP contribution in [0.4, 0.5) is 5.69 Å². The topological polar surface area (TPSA) is 33.5 Å². The van der Waals surface area contributed by atoms with Crippen LogP contribution in [0.15, 0.2) is 35.7 Å². The monoisotopic (exact) mass is 303 g/mol. The van der Waals surface area contributed by atoms with Crippen LogP contribution in [0, 0.1) is 6.92 Å². The lowest BCUT2D eigenvalue weighted by Gasteiger charge is -2.13. The van der Waals surface area contributed by atoms with Crippen LogP contribution in [0.3, 0.4) is 0 Å². The highest BCUT2D eigenvalue weighted by Gasteiger charge is 2.12. The van der Waals surface area contributed by atoms with Gasteiger partial charge in [0.15, 0.2) is 6.54 Å². The molecule has 2 rings (SSSR count). The summed E-state index contributed by atoms with van der Waals surface area (Å²) < 4.78 is 0. The molecule has 1 unspecified atom stereocenters. The van der Waals surface area contributed by atoms with E-state index >= 15 is 0 Å². The number of anilines is 1. The Morgan fingerprint density at radius 2 is 1.95 bits per heavy atom. The molecule has 0 saturated carbocycles. The minimum Gasteiger partial charge on any atom is -0.325 e. The summed E-state index contributed by atoms with van der Waals surface area (Å²) in [6.07, 6.45) is 1.02. The third-order valence-corrected chi connectivity index (χ3v) is 4.56. The summed E-state index contributed by atoms with van der Waals surface area (Å²) in [4.78, 5) is 14.6. The van der Waals surface area contributed by atoms with Crippen molar-refractivity contribution in [3.05, 3.63) is 51.7 Å².